The van der Waals surface area contributed by atoms with Crippen molar-refractivity contribution in [2.75, 3.05) is 18.6 Å². The summed E-state index contributed by atoms with van der Waals surface area (Å²) in [7, 11) is 1.58. The number of pyridine rings is 1. The normalized spacial score (nSPS) is 17.3. The van der Waals surface area contributed by atoms with Crippen molar-refractivity contribution in [3.63, 3.8) is 0 Å². The van der Waals surface area contributed by atoms with Gasteiger partial charge in [-0.3, -0.25) is 29.5 Å². The number of nitrogens with zero attached hydrogens (tertiary/aromatic N) is 2. The zero-order valence-corrected chi connectivity index (χ0v) is 24.6. The lowest BCUT2D eigenvalue weighted by Crippen LogP contribution is -2.52. The van der Waals surface area contributed by atoms with Gasteiger partial charge in [0.1, 0.15) is 6.04 Å². The third-order valence-electron chi connectivity index (χ3n) is 8.21. The number of halogens is 1. The molecule has 10 nitrogen and oxygen atoms in total. The zero-order valence-electron chi connectivity index (χ0n) is 23.8. The molecular formula is C31H37ClN6O4. The number of fused-ring (bicyclic) bond motifs is 1. The van der Waals surface area contributed by atoms with Gasteiger partial charge in [-0.1, -0.05) is 24.3 Å². The number of nitrogens with two attached hydrogens (primary N) is 2. The van der Waals surface area contributed by atoms with Crippen molar-refractivity contribution in [3.8, 4) is 17.0 Å². The molecule has 0 spiro atoms. The molecule has 0 saturated heterocycles. The van der Waals surface area contributed by atoms with Crippen molar-refractivity contribution in [1.82, 2.24) is 15.2 Å². The Labute approximate surface area is 250 Å². The Morgan fingerprint density at radius 1 is 1.05 bits per heavy atom. The number of carbonyl (C=O) groups excluding carboxylic acids is 2. The van der Waals surface area contributed by atoms with Crippen LogP contribution in [0.25, 0.3) is 22.0 Å². The highest BCUT2D eigenvalue weighted by Gasteiger charge is 2.36. The fraction of sp³-hybridized carbons (Fsp3) is 0.355. The topological polar surface area (TPSA) is 160 Å². The number of hydrogen-bond donors (Lipinski definition) is 4. The number of aromatic nitrogens is 3. The van der Waals surface area contributed by atoms with E-state index < -0.39 is 11.9 Å². The summed E-state index contributed by atoms with van der Waals surface area (Å²) in [6.45, 7) is 2.53. The monoisotopic (exact) mass is 592 g/mol. The van der Waals surface area contributed by atoms with Crippen molar-refractivity contribution < 1.29 is 14.3 Å². The van der Waals surface area contributed by atoms with Crippen LogP contribution in [-0.2, 0) is 16.0 Å². The fourth-order valence-electron chi connectivity index (χ4n) is 5.80. The maximum Gasteiger partial charge on any atom is 0.271 e. The zero-order chi connectivity index (χ0) is 29.1. The molecule has 0 unspecified atom stereocenters. The minimum atomic E-state index is -0.923. The minimum Gasteiger partial charge on any atom is -0.481 e. The van der Waals surface area contributed by atoms with Gasteiger partial charge in [-0.15, -0.1) is 12.4 Å². The van der Waals surface area contributed by atoms with E-state index >= 15 is 0 Å². The molecule has 1 aliphatic rings. The lowest BCUT2D eigenvalue weighted by atomic mass is 9.81. The number of carbonyl (C=O) groups is 2. The summed E-state index contributed by atoms with van der Waals surface area (Å²) in [6.07, 6.45) is 3.38. The summed E-state index contributed by atoms with van der Waals surface area (Å²) in [5, 5.41) is 5.89. The van der Waals surface area contributed by atoms with Crippen LogP contribution in [0.1, 0.15) is 36.9 Å². The smallest absolute Gasteiger partial charge is 0.271 e. The van der Waals surface area contributed by atoms with E-state index in [1.54, 1.807) is 25.3 Å². The molecule has 2 aromatic carbocycles. The van der Waals surface area contributed by atoms with Gasteiger partial charge < -0.3 is 16.2 Å². The Balaban J connectivity index is 0.00000405. The molecule has 0 bridgehead atoms. The highest BCUT2D eigenvalue weighted by molar-refractivity contribution is 6.03. The van der Waals surface area contributed by atoms with E-state index in [0.29, 0.717) is 47.8 Å². The Morgan fingerprint density at radius 3 is 2.38 bits per heavy atom. The van der Waals surface area contributed by atoms with Crippen LogP contribution in [0.15, 0.2) is 59.4 Å². The fourth-order valence-corrected chi connectivity index (χ4v) is 5.80. The van der Waals surface area contributed by atoms with Crippen molar-refractivity contribution in [2.24, 2.45) is 23.3 Å². The van der Waals surface area contributed by atoms with E-state index in [4.69, 9.17) is 16.2 Å². The molecule has 1 fully saturated rings. The number of H-pyrrole nitrogens is 2. The van der Waals surface area contributed by atoms with Crippen LogP contribution in [0.4, 0.5) is 5.69 Å². The maximum atomic E-state index is 14.1. The third-order valence-corrected chi connectivity index (χ3v) is 8.21. The molecule has 42 heavy (non-hydrogen) atoms. The van der Waals surface area contributed by atoms with Crippen LogP contribution in [0.2, 0.25) is 0 Å². The van der Waals surface area contributed by atoms with Crippen LogP contribution < -0.4 is 26.7 Å². The Bertz CT molecular complexity index is 1610. The van der Waals surface area contributed by atoms with E-state index in [1.807, 2.05) is 43.3 Å². The van der Waals surface area contributed by atoms with Crippen LogP contribution in [0, 0.1) is 18.8 Å². The van der Waals surface area contributed by atoms with E-state index in [0.717, 1.165) is 35.2 Å². The number of methoxy groups -OCH3 is 1. The Kier molecular flexibility index (Phi) is 9.70. The van der Waals surface area contributed by atoms with Gasteiger partial charge in [-0.2, -0.15) is 0 Å². The summed E-state index contributed by atoms with van der Waals surface area (Å²) >= 11 is 0. The highest BCUT2D eigenvalue weighted by atomic mass is 35.5. The van der Waals surface area contributed by atoms with Gasteiger partial charge in [0.05, 0.1) is 18.0 Å². The number of primary amides is 1. The quantitative estimate of drug-likeness (QED) is 0.231. The summed E-state index contributed by atoms with van der Waals surface area (Å²) in [4.78, 5) is 45.2. The van der Waals surface area contributed by atoms with Gasteiger partial charge in [0.25, 0.3) is 5.56 Å². The lowest BCUT2D eigenvalue weighted by molar-refractivity contribution is -0.127. The predicted molar refractivity (Wildman–Crippen MR) is 166 cm³/mol. The second-order valence-electron chi connectivity index (χ2n) is 10.8. The average molecular weight is 593 g/mol. The Morgan fingerprint density at radius 2 is 1.76 bits per heavy atom. The highest BCUT2D eigenvalue weighted by Crippen LogP contribution is 2.33. The van der Waals surface area contributed by atoms with Gasteiger partial charge in [-0.05, 0) is 80.5 Å². The summed E-state index contributed by atoms with van der Waals surface area (Å²) in [5.74, 6) is -0.0263. The number of aromatic amines is 2. The number of anilines is 1. The minimum absolute atomic E-state index is 0. The first kappa shape index (κ1) is 30.8. The van der Waals surface area contributed by atoms with E-state index in [-0.39, 0.29) is 36.2 Å². The number of amides is 2. The summed E-state index contributed by atoms with van der Waals surface area (Å²) < 4.78 is 5.22. The number of nitrogens with one attached hydrogen (secondary N) is 2. The first-order valence-electron chi connectivity index (χ1n) is 13.9. The Hall–Kier alpha value is -4.15. The molecule has 0 radical (unpaired) electrons. The molecule has 5 rings (SSSR count). The van der Waals surface area contributed by atoms with E-state index in [2.05, 4.69) is 15.2 Å². The largest absolute Gasteiger partial charge is 0.481 e. The third kappa shape index (κ3) is 6.34. The maximum absolute atomic E-state index is 14.1. The van der Waals surface area contributed by atoms with E-state index in [1.165, 1.54) is 4.90 Å². The molecule has 11 heteroatoms. The average Bonchev–Trinajstić information content (AvgIpc) is 3.36. The molecule has 1 saturated carbocycles. The van der Waals surface area contributed by atoms with Gasteiger partial charge in [0, 0.05) is 35.3 Å². The van der Waals surface area contributed by atoms with Crippen molar-refractivity contribution in [3.05, 3.63) is 76.2 Å². The molecule has 1 atom stereocenters. The molecule has 4 aromatic rings. The molecule has 0 aliphatic heterocycles. The molecule has 222 valence electrons. The molecule has 6 N–H and O–H groups in total. The molecule has 1 aliphatic carbocycles. The standard InChI is InChI=1S/C31H36N6O4.ClH/c1-18-24(13-14-28(34-18)41-2)21-7-3-19(4-8-21)15-27(29(33)38)37(31(40)22-9-5-20(17-32)6-10-22)23-11-12-25-26(16-23)35-36-30(25)39;/h3-4,7-8,11-14,16,20,22,27H,5-6,9-10,15,17,32H2,1-2H3,(H2,33,38)(H2,35,36,39);1H/t20?,22?,27-;/m0./s1. The first-order valence-corrected chi connectivity index (χ1v) is 13.9. The second kappa shape index (κ2) is 13.2. The van der Waals surface area contributed by atoms with Gasteiger partial charge in [0.15, 0.2) is 0 Å². The van der Waals surface area contributed by atoms with Crippen LogP contribution in [0.3, 0.4) is 0 Å². The second-order valence-corrected chi connectivity index (χ2v) is 10.8. The predicted octanol–water partition coefficient (Wildman–Crippen LogP) is 3.85. The van der Waals surface area contributed by atoms with E-state index in [9.17, 15) is 14.4 Å². The number of hydrogen-bond acceptors (Lipinski definition) is 6. The number of ether oxygens (including phenoxy) is 1. The first-order chi connectivity index (χ1) is 19.8. The van der Waals surface area contributed by atoms with Crippen molar-refractivity contribution in [1.29, 1.82) is 0 Å². The van der Waals surface area contributed by atoms with Gasteiger partial charge in [0.2, 0.25) is 17.7 Å². The summed E-state index contributed by atoms with van der Waals surface area (Å²) in [5.41, 5.74) is 16.3. The van der Waals surface area contributed by atoms with Crippen LogP contribution in [-0.4, -0.2) is 46.7 Å². The molecular weight excluding hydrogens is 556 g/mol. The van der Waals surface area contributed by atoms with Crippen LogP contribution in [0.5, 0.6) is 5.88 Å². The SMILES string of the molecule is COc1ccc(-c2ccc(C[C@@H](C(N)=O)N(C(=O)C3CCC(CN)CC3)c3ccc4c(=O)[nH][nH]c4c3)cc2)c(C)n1.Cl. The van der Waals surface area contributed by atoms with Gasteiger partial charge in [-0.25, -0.2) is 4.98 Å². The number of benzene rings is 2. The molecule has 2 amide bonds. The van der Waals surface area contributed by atoms with Crippen molar-refractivity contribution >= 4 is 40.8 Å². The lowest BCUT2D eigenvalue weighted by Gasteiger charge is -2.35. The number of aryl methyl sites for hydroxylation is 1. The van der Waals surface area contributed by atoms with Gasteiger partial charge >= 0.3 is 0 Å². The molecule has 2 heterocycles. The number of rotatable bonds is 9. The van der Waals surface area contributed by atoms with Crippen molar-refractivity contribution in [2.45, 2.75) is 45.1 Å². The summed E-state index contributed by atoms with van der Waals surface area (Å²) in [6, 6.07) is 15.8. The molecule has 2 aromatic heterocycles. The van der Waals surface area contributed by atoms with Crippen LogP contribution >= 0.6 is 12.4 Å².